The number of rotatable bonds is 4. The molecule has 3 rings (SSSR count). The van der Waals surface area contributed by atoms with E-state index in [0.717, 1.165) is 5.56 Å². The number of benzene rings is 1. The van der Waals surface area contributed by atoms with Crippen molar-refractivity contribution in [2.45, 2.75) is 18.9 Å². The van der Waals surface area contributed by atoms with Gasteiger partial charge in [0.1, 0.15) is 0 Å². The van der Waals surface area contributed by atoms with Crippen LogP contribution in [0.5, 0.6) is 0 Å². The van der Waals surface area contributed by atoms with Gasteiger partial charge in [-0.2, -0.15) is 0 Å². The highest BCUT2D eigenvalue weighted by atomic mass is 16.4. The number of carboxylic acid groups (broad SMARTS) is 1. The Balaban J connectivity index is 1.61. The molecule has 0 bridgehead atoms. The molecule has 2 aliphatic rings. The molecule has 0 aromatic heterocycles. The van der Waals surface area contributed by atoms with Crippen LogP contribution in [-0.2, 0) is 9.59 Å². The van der Waals surface area contributed by atoms with Gasteiger partial charge in [0, 0.05) is 39.0 Å². The topological polar surface area (TPSA) is 90.0 Å². The van der Waals surface area contributed by atoms with Gasteiger partial charge in [-0.15, -0.1) is 0 Å². The van der Waals surface area contributed by atoms with Gasteiger partial charge >= 0.3 is 12.0 Å². The van der Waals surface area contributed by atoms with Gasteiger partial charge in [0.15, 0.2) is 0 Å². The molecule has 3 atom stereocenters. The third-order valence-electron chi connectivity index (χ3n) is 5.18. The van der Waals surface area contributed by atoms with E-state index >= 15 is 0 Å². The maximum Gasteiger partial charge on any atom is 0.317 e. The number of hydrogen-bond acceptors (Lipinski definition) is 3. The second-order valence-electron chi connectivity index (χ2n) is 6.78. The quantitative estimate of drug-likeness (QED) is 0.861. The molecule has 1 aromatic carbocycles. The number of hydrogen-bond donors (Lipinski definition) is 2. The van der Waals surface area contributed by atoms with Gasteiger partial charge in [0.25, 0.3) is 0 Å². The van der Waals surface area contributed by atoms with Crippen molar-refractivity contribution in [3.63, 3.8) is 0 Å². The Bertz CT molecular complexity index is 664. The van der Waals surface area contributed by atoms with Crippen molar-refractivity contribution in [1.29, 1.82) is 0 Å². The summed E-state index contributed by atoms with van der Waals surface area (Å²) < 4.78 is 0. The molecule has 0 aliphatic carbocycles. The lowest BCUT2D eigenvalue weighted by molar-refractivity contribution is -0.141. The first kappa shape index (κ1) is 17.3. The largest absolute Gasteiger partial charge is 0.481 e. The summed E-state index contributed by atoms with van der Waals surface area (Å²) in [6.07, 6.45) is 0.883. The normalized spacial score (nSPS) is 26.1. The molecule has 3 amide bonds. The van der Waals surface area contributed by atoms with Crippen molar-refractivity contribution in [2.75, 3.05) is 26.7 Å². The molecule has 2 fully saturated rings. The molecule has 7 nitrogen and oxygen atoms in total. The van der Waals surface area contributed by atoms with E-state index in [1.165, 1.54) is 4.90 Å². The minimum atomic E-state index is -0.859. The van der Waals surface area contributed by atoms with Crippen molar-refractivity contribution in [3.8, 4) is 0 Å². The summed E-state index contributed by atoms with van der Waals surface area (Å²) in [5.74, 6) is -1.27. The van der Waals surface area contributed by atoms with E-state index in [0.29, 0.717) is 25.9 Å². The van der Waals surface area contributed by atoms with Crippen molar-refractivity contribution < 1.29 is 19.5 Å². The Labute approximate surface area is 146 Å². The van der Waals surface area contributed by atoms with Crippen LogP contribution in [0.25, 0.3) is 0 Å². The van der Waals surface area contributed by atoms with E-state index in [9.17, 15) is 14.4 Å². The summed E-state index contributed by atoms with van der Waals surface area (Å²) in [4.78, 5) is 38.7. The zero-order valence-electron chi connectivity index (χ0n) is 14.2. The molecule has 7 heteroatoms. The van der Waals surface area contributed by atoms with Crippen LogP contribution in [0, 0.1) is 11.8 Å². The molecule has 0 radical (unpaired) electrons. The van der Waals surface area contributed by atoms with Crippen LogP contribution in [-0.4, -0.2) is 59.5 Å². The molecule has 25 heavy (non-hydrogen) atoms. The summed E-state index contributed by atoms with van der Waals surface area (Å²) in [5, 5.41) is 11.9. The number of carbonyl (C=O) groups is 3. The lowest BCUT2D eigenvalue weighted by Crippen LogP contribution is -2.41. The van der Waals surface area contributed by atoms with E-state index in [1.54, 1.807) is 11.9 Å². The van der Waals surface area contributed by atoms with Crippen LogP contribution in [0.4, 0.5) is 4.79 Å². The Hall–Kier alpha value is -2.57. The van der Waals surface area contributed by atoms with Crippen LogP contribution in [0.2, 0.25) is 0 Å². The molecule has 134 valence electrons. The smallest absolute Gasteiger partial charge is 0.317 e. The number of carboxylic acids is 1. The molecule has 2 heterocycles. The van der Waals surface area contributed by atoms with E-state index < -0.39 is 11.9 Å². The van der Waals surface area contributed by atoms with Crippen LogP contribution in [0.3, 0.4) is 0 Å². The first-order valence-corrected chi connectivity index (χ1v) is 8.53. The number of amides is 3. The Morgan fingerprint density at radius 2 is 2.00 bits per heavy atom. The van der Waals surface area contributed by atoms with E-state index in [2.05, 4.69) is 5.32 Å². The van der Waals surface area contributed by atoms with Gasteiger partial charge < -0.3 is 20.2 Å². The van der Waals surface area contributed by atoms with Gasteiger partial charge in [-0.25, -0.2) is 4.79 Å². The Morgan fingerprint density at radius 3 is 2.64 bits per heavy atom. The third kappa shape index (κ3) is 3.60. The number of nitrogens with one attached hydrogen (secondary N) is 1. The highest BCUT2D eigenvalue weighted by Crippen LogP contribution is 2.36. The zero-order chi connectivity index (χ0) is 18.0. The Morgan fingerprint density at radius 1 is 1.28 bits per heavy atom. The average molecular weight is 345 g/mol. The van der Waals surface area contributed by atoms with Crippen LogP contribution in [0.1, 0.15) is 24.4 Å². The van der Waals surface area contributed by atoms with Gasteiger partial charge in [0.05, 0.1) is 12.0 Å². The molecule has 1 unspecified atom stereocenters. The van der Waals surface area contributed by atoms with E-state index in [-0.39, 0.29) is 30.4 Å². The molecule has 0 spiro atoms. The molecule has 1 aromatic rings. The van der Waals surface area contributed by atoms with E-state index in [4.69, 9.17) is 5.11 Å². The number of likely N-dealkylation sites (tertiary alicyclic amines) is 2. The molecule has 2 aliphatic heterocycles. The highest BCUT2D eigenvalue weighted by molar-refractivity contribution is 5.80. The van der Waals surface area contributed by atoms with Crippen molar-refractivity contribution in [2.24, 2.45) is 11.8 Å². The van der Waals surface area contributed by atoms with Crippen molar-refractivity contribution in [1.82, 2.24) is 15.1 Å². The summed E-state index contributed by atoms with van der Waals surface area (Å²) in [6.45, 7) is 1.09. The minimum absolute atomic E-state index is 0.00160. The van der Waals surface area contributed by atoms with Gasteiger partial charge in [0.2, 0.25) is 5.91 Å². The zero-order valence-corrected chi connectivity index (χ0v) is 14.2. The molecular formula is C18H23N3O4. The predicted octanol–water partition coefficient (Wildman–Crippen LogP) is 1.32. The van der Waals surface area contributed by atoms with Crippen LogP contribution in [0.15, 0.2) is 30.3 Å². The number of aliphatic carboxylic acids is 1. The lowest BCUT2D eigenvalue weighted by Gasteiger charge is -2.26. The van der Waals surface area contributed by atoms with E-state index in [1.807, 2.05) is 30.3 Å². The summed E-state index contributed by atoms with van der Waals surface area (Å²) in [5.41, 5.74) is 1.06. The number of carbonyl (C=O) groups excluding carboxylic acids is 2. The second kappa shape index (κ2) is 7.13. The molecular weight excluding hydrogens is 322 g/mol. The molecule has 2 N–H and O–H groups in total. The standard InChI is InChI=1S/C18H23N3O4/c1-20-15(22)9-14(16(20)12-5-3-2-4-6-12)10-19-18(25)21-8-7-13(11-21)17(23)24/h2-6,13-14,16H,7-11H2,1H3,(H,19,25)(H,23,24)/t13?,14-,16-/m0/s1. The maximum absolute atomic E-state index is 12.3. The number of nitrogens with zero attached hydrogens (tertiary/aromatic N) is 2. The third-order valence-corrected chi connectivity index (χ3v) is 5.18. The van der Waals surface area contributed by atoms with Gasteiger partial charge in [-0.3, -0.25) is 9.59 Å². The second-order valence-corrected chi connectivity index (χ2v) is 6.78. The molecule has 0 saturated carbocycles. The first-order chi connectivity index (χ1) is 12.0. The monoisotopic (exact) mass is 345 g/mol. The maximum atomic E-state index is 12.3. The molecule has 2 saturated heterocycles. The number of urea groups is 1. The summed E-state index contributed by atoms with van der Waals surface area (Å²) >= 11 is 0. The predicted molar refractivity (Wildman–Crippen MR) is 90.8 cm³/mol. The minimum Gasteiger partial charge on any atom is -0.481 e. The SMILES string of the molecule is CN1C(=O)C[C@@H](CNC(=O)N2CCC(C(=O)O)C2)[C@@H]1c1ccccc1. The summed E-state index contributed by atoms with van der Waals surface area (Å²) in [6, 6.07) is 9.50. The fourth-order valence-electron chi connectivity index (χ4n) is 3.76. The summed E-state index contributed by atoms with van der Waals surface area (Å²) in [7, 11) is 1.79. The lowest BCUT2D eigenvalue weighted by atomic mass is 9.94. The Kier molecular flexibility index (Phi) is 4.92. The van der Waals surface area contributed by atoms with Crippen molar-refractivity contribution in [3.05, 3.63) is 35.9 Å². The van der Waals surface area contributed by atoms with Crippen molar-refractivity contribution >= 4 is 17.9 Å². The fraction of sp³-hybridized carbons (Fsp3) is 0.500. The van der Waals surface area contributed by atoms with Gasteiger partial charge in [-0.05, 0) is 12.0 Å². The van der Waals surface area contributed by atoms with Gasteiger partial charge in [-0.1, -0.05) is 30.3 Å². The fourth-order valence-corrected chi connectivity index (χ4v) is 3.76. The highest BCUT2D eigenvalue weighted by Gasteiger charge is 2.39. The van der Waals surface area contributed by atoms with Crippen LogP contribution < -0.4 is 5.32 Å². The average Bonchev–Trinajstić information content (AvgIpc) is 3.20. The first-order valence-electron chi connectivity index (χ1n) is 8.53. The van der Waals surface area contributed by atoms with Crippen LogP contribution >= 0.6 is 0 Å².